The van der Waals surface area contributed by atoms with Crippen LogP contribution in [0.1, 0.15) is 38.3 Å². The zero-order valence-corrected chi connectivity index (χ0v) is 22.6. The van der Waals surface area contributed by atoms with Crippen molar-refractivity contribution < 1.29 is 27.8 Å². The van der Waals surface area contributed by atoms with Gasteiger partial charge in [-0.05, 0) is 66.1 Å². The fraction of sp³-hybridized carbons (Fsp3) is 0.219. The highest BCUT2D eigenvalue weighted by molar-refractivity contribution is 5.98. The van der Waals surface area contributed by atoms with Crippen molar-refractivity contribution in [3.8, 4) is 17.0 Å². The van der Waals surface area contributed by atoms with E-state index in [4.69, 9.17) is 14.8 Å². The fourth-order valence-corrected chi connectivity index (χ4v) is 4.78. The number of carbonyl (C=O) groups is 1. The second-order valence-corrected chi connectivity index (χ2v) is 9.82. The van der Waals surface area contributed by atoms with E-state index in [1.807, 2.05) is 60.1 Å². The van der Waals surface area contributed by atoms with E-state index in [1.54, 1.807) is 13.2 Å². The molecule has 3 aromatic carbocycles. The lowest BCUT2D eigenvalue weighted by molar-refractivity contribution is -0.137. The molecule has 0 unspecified atom stereocenters. The Morgan fingerprint density at radius 1 is 0.976 bits per heavy atom. The first-order valence-electron chi connectivity index (χ1n) is 13.1. The number of ether oxygens (including phenoxy) is 1. The van der Waals surface area contributed by atoms with Crippen LogP contribution in [-0.4, -0.2) is 39.4 Å². The van der Waals surface area contributed by atoms with Crippen LogP contribution in [0.3, 0.4) is 0 Å². The molecule has 0 saturated heterocycles. The molecule has 0 aliphatic rings. The van der Waals surface area contributed by atoms with E-state index in [2.05, 4.69) is 0 Å². The SMILES string of the molecule is COc1ccc(Cn2nc(CCO)c3ccc(-c4cc(CC(=O)c5cccc(C(F)(F)F)c5)ccc4C)nc32)cc1. The first-order chi connectivity index (χ1) is 19.7. The molecule has 0 spiro atoms. The molecule has 41 heavy (non-hydrogen) atoms. The summed E-state index contributed by atoms with van der Waals surface area (Å²) < 4.78 is 46.5. The number of carbonyl (C=O) groups excluding carboxylic acids is 1. The molecule has 0 saturated carbocycles. The Labute approximate surface area is 235 Å². The topological polar surface area (TPSA) is 77.2 Å². The smallest absolute Gasteiger partial charge is 0.416 e. The lowest BCUT2D eigenvalue weighted by Crippen LogP contribution is -2.09. The van der Waals surface area contributed by atoms with Crippen molar-refractivity contribution in [1.82, 2.24) is 14.8 Å². The quantitative estimate of drug-likeness (QED) is 0.210. The van der Waals surface area contributed by atoms with Crippen LogP contribution in [-0.2, 0) is 25.6 Å². The van der Waals surface area contributed by atoms with E-state index in [1.165, 1.54) is 12.1 Å². The molecule has 0 amide bonds. The van der Waals surface area contributed by atoms with Crippen LogP contribution in [0.25, 0.3) is 22.3 Å². The van der Waals surface area contributed by atoms with Gasteiger partial charge in [0.05, 0.1) is 30.6 Å². The third-order valence-corrected chi connectivity index (χ3v) is 6.97. The summed E-state index contributed by atoms with van der Waals surface area (Å²) in [7, 11) is 1.61. The summed E-state index contributed by atoms with van der Waals surface area (Å²) in [5.74, 6) is 0.350. The van der Waals surface area contributed by atoms with Crippen LogP contribution in [0.15, 0.2) is 78.9 Å². The second kappa shape index (κ2) is 11.5. The molecule has 2 heterocycles. The van der Waals surface area contributed by atoms with Crippen molar-refractivity contribution in [2.45, 2.75) is 32.5 Å². The molecule has 5 rings (SSSR count). The minimum Gasteiger partial charge on any atom is -0.497 e. The molecule has 5 aromatic rings. The third kappa shape index (κ3) is 6.15. The molecule has 210 valence electrons. The number of hydrogen-bond donors (Lipinski definition) is 1. The number of fused-ring (bicyclic) bond motifs is 1. The van der Waals surface area contributed by atoms with Crippen molar-refractivity contribution in [2.24, 2.45) is 0 Å². The molecule has 0 atom stereocenters. The number of halogens is 3. The van der Waals surface area contributed by atoms with Gasteiger partial charge in [-0.25, -0.2) is 9.67 Å². The number of Topliss-reactive ketones (excluding diaryl/α,β-unsaturated/α-hetero) is 1. The van der Waals surface area contributed by atoms with Crippen LogP contribution < -0.4 is 4.74 Å². The number of aromatic nitrogens is 3. The Morgan fingerprint density at radius 2 is 1.73 bits per heavy atom. The first kappa shape index (κ1) is 28.0. The van der Waals surface area contributed by atoms with Gasteiger partial charge in [0.25, 0.3) is 0 Å². The summed E-state index contributed by atoms with van der Waals surface area (Å²) in [5, 5.41) is 15.1. The third-order valence-electron chi connectivity index (χ3n) is 6.97. The number of pyridine rings is 1. The Kier molecular flexibility index (Phi) is 7.90. The van der Waals surface area contributed by atoms with Gasteiger partial charge < -0.3 is 9.84 Å². The van der Waals surface area contributed by atoms with Crippen molar-refractivity contribution in [1.29, 1.82) is 0 Å². The Bertz CT molecular complexity index is 1710. The number of nitrogens with zero attached hydrogens (tertiary/aromatic N) is 3. The number of methoxy groups -OCH3 is 1. The average Bonchev–Trinajstić information content (AvgIpc) is 3.30. The maximum atomic E-state index is 13.1. The van der Waals surface area contributed by atoms with Gasteiger partial charge in [0.15, 0.2) is 11.4 Å². The minimum absolute atomic E-state index is 0.0142. The molecule has 0 fully saturated rings. The Balaban J connectivity index is 1.47. The largest absolute Gasteiger partial charge is 0.497 e. The molecule has 0 radical (unpaired) electrons. The number of ketones is 1. The van der Waals surface area contributed by atoms with Crippen LogP contribution in [0.4, 0.5) is 13.2 Å². The second-order valence-electron chi connectivity index (χ2n) is 9.82. The molecular formula is C32H28F3N3O3. The van der Waals surface area contributed by atoms with E-state index in [0.29, 0.717) is 29.9 Å². The summed E-state index contributed by atoms with van der Waals surface area (Å²) in [6.45, 7) is 2.36. The molecule has 0 aliphatic carbocycles. The van der Waals surface area contributed by atoms with Gasteiger partial charge in [-0.3, -0.25) is 4.79 Å². The van der Waals surface area contributed by atoms with E-state index >= 15 is 0 Å². The molecule has 1 N–H and O–H groups in total. The number of rotatable bonds is 9. The Hall–Kier alpha value is -4.50. The number of aryl methyl sites for hydroxylation is 1. The Morgan fingerprint density at radius 3 is 2.44 bits per heavy atom. The van der Waals surface area contributed by atoms with E-state index in [-0.39, 0.29) is 18.6 Å². The number of hydrogen-bond acceptors (Lipinski definition) is 5. The van der Waals surface area contributed by atoms with Crippen molar-refractivity contribution in [3.05, 3.63) is 112 Å². The van der Waals surface area contributed by atoms with Crippen LogP contribution >= 0.6 is 0 Å². The first-order valence-corrected chi connectivity index (χ1v) is 13.1. The van der Waals surface area contributed by atoms with Gasteiger partial charge in [0, 0.05) is 36.0 Å². The normalized spacial score (nSPS) is 11.7. The minimum atomic E-state index is -4.52. The van der Waals surface area contributed by atoms with Crippen molar-refractivity contribution in [2.75, 3.05) is 13.7 Å². The van der Waals surface area contributed by atoms with Gasteiger partial charge in [-0.15, -0.1) is 0 Å². The molecule has 0 aliphatic heterocycles. The molecule has 9 heteroatoms. The lowest BCUT2D eigenvalue weighted by atomic mass is 9.96. The van der Waals surface area contributed by atoms with Gasteiger partial charge >= 0.3 is 6.18 Å². The molecule has 6 nitrogen and oxygen atoms in total. The fourth-order valence-electron chi connectivity index (χ4n) is 4.78. The van der Waals surface area contributed by atoms with Crippen molar-refractivity contribution in [3.63, 3.8) is 0 Å². The van der Waals surface area contributed by atoms with Gasteiger partial charge in [-0.1, -0.05) is 36.4 Å². The van der Waals surface area contributed by atoms with Crippen LogP contribution in [0.2, 0.25) is 0 Å². The molecule has 0 bridgehead atoms. The maximum absolute atomic E-state index is 13.1. The lowest BCUT2D eigenvalue weighted by Gasteiger charge is -2.11. The number of aliphatic hydroxyl groups excluding tert-OH is 1. The van der Waals surface area contributed by atoms with Gasteiger partial charge in [-0.2, -0.15) is 18.3 Å². The van der Waals surface area contributed by atoms with Crippen molar-refractivity contribution >= 4 is 16.8 Å². The standard InChI is InChI=1S/C32H28F3N3O3/c1-20-6-7-22(17-30(40)23-4-3-5-24(18-23)32(33,34)35)16-27(20)28-13-12-26-29(14-15-39)37-38(31(26)36-28)19-21-8-10-25(41-2)11-9-21/h3-13,16,18,39H,14-15,17,19H2,1-2H3. The summed E-state index contributed by atoms with van der Waals surface area (Å²) in [6.07, 6.45) is -4.18. The summed E-state index contributed by atoms with van der Waals surface area (Å²) in [6, 6.07) is 21.5. The average molecular weight is 560 g/mol. The number of benzene rings is 3. The van der Waals surface area contributed by atoms with Gasteiger partial charge in [0.1, 0.15) is 5.75 Å². The zero-order valence-electron chi connectivity index (χ0n) is 22.6. The highest BCUT2D eigenvalue weighted by Crippen LogP contribution is 2.31. The summed E-state index contributed by atoms with van der Waals surface area (Å²) >= 11 is 0. The van der Waals surface area contributed by atoms with E-state index < -0.39 is 17.5 Å². The predicted octanol–water partition coefficient (Wildman–Crippen LogP) is 6.44. The molecular weight excluding hydrogens is 531 g/mol. The zero-order chi connectivity index (χ0) is 29.1. The monoisotopic (exact) mass is 559 g/mol. The van der Waals surface area contributed by atoms with Crippen LogP contribution in [0.5, 0.6) is 5.75 Å². The summed E-state index contributed by atoms with van der Waals surface area (Å²) in [4.78, 5) is 17.8. The highest BCUT2D eigenvalue weighted by Gasteiger charge is 2.30. The predicted molar refractivity (Wildman–Crippen MR) is 150 cm³/mol. The van der Waals surface area contributed by atoms with Gasteiger partial charge in [0.2, 0.25) is 0 Å². The van der Waals surface area contributed by atoms with Crippen LogP contribution in [0, 0.1) is 6.92 Å². The number of aliphatic hydroxyl groups is 1. The molecule has 2 aromatic heterocycles. The maximum Gasteiger partial charge on any atom is 0.416 e. The van der Waals surface area contributed by atoms with E-state index in [9.17, 15) is 23.1 Å². The summed E-state index contributed by atoms with van der Waals surface area (Å²) in [5.41, 5.74) is 4.66. The van der Waals surface area contributed by atoms with E-state index in [0.717, 1.165) is 45.7 Å². The highest BCUT2D eigenvalue weighted by atomic mass is 19.4. The number of alkyl halides is 3.